The van der Waals surface area contributed by atoms with Crippen molar-refractivity contribution in [3.05, 3.63) is 29.8 Å². The number of halogens is 3. The molecule has 2 N–H and O–H groups in total. The molecule has 0 fully saturated rings. The third kappa shape index (κ3) is 4.79. The second-order valence-corrected chi connectivity index (χ2v) is 5.26. The topological polar surface area (TPSA) is 84.5 Å². The molecule has 0 saturated heterocycles. The number of nitrogens with one attached hydrogen (secondary N) is 2. The Hall–Kier alpha value is -1.65. The first-order chi connectivity index (χ1) is 9.15. The molecule has 6 nitrogen and oxygen atoms in total. The van der Waals surface area contributed by atoms with Crippen molar-refractivity contribution in [2.24, 2.45) is 0 Å². The van der Waals surface area contributed by atoms with Gasteiger partial charge in [-0.3, -0.25) is 9.63 Å². The normalized spacial score (nSPS) is 12.2. The van der Waals surface area contributed by atoms with Crippen LogP contribution in [-0.2, 0) is 14.9 Å². The predicted octanol–water partition coefficient (Wildman–Crippen LogP) is 0.818. The van der Waals surface area contributed by atoms with Crippen LogP contribution in [-0.4, -0.2) is 34.2 Å². The Morgan fingerprint density at radius 3 is 2.25 bits per heavy atom. The van der Waals surface area contributed by atoms with Crippen molar-refractivity contribution in [1.82, 2.24) is 10.2 Å². The van der Waals surface area contributed by atoms with Gasteiger partial charge in [-0.2, -0.15) is 13.2 Å². The number of rotatable bonds is 5. The molecule has 0 aliphatic carbocycles. The van der Waals surface area contributed by atoms with Gasteiger partial charge in [-0.05, 0) is 24.3 Å². The number of carbonyl (C=O) groups is 1. The Morgan fingerprint density at radius 2 is 1.80 bits per heavy atom. The van der Waals surface area contributed by atoms with Crippen LogP contribution in [0.25, 0.3) is 0 Å². The van der Waals surface area contributed by atoms with Crippen LogP contribution >= 0.6 is 0 Å². The highest BCUT2D eigenvalue weighted by molar-refractivity contribution is 7.89. The van der Waals surface area contributed by atoms with Crippen molar-refractivity contribution in [1.29, 1.82) is 0 Å². The summed E-state index contributed by atoms with van der Waals surface area (Å²) < 4.78 is 58.7. The highest BCUT2D eigenvalue weighted by atomic mass is 32.2. The second kappa shape index (κ2) is 6.20. The molecule has 1 aromatic carbocycles. The summed E-state index contributed by atoms with van der Waals surface area (Å²) in [7, 11) is -2.76. The maximum absolute atomic E-state index is 11.9. The van der Waals surface area contributed by atoms with Gasteiger partial charge in [0.25, 0.3) is 15.9 Å². The van der Waals surface area contributed by atoms with E-state index in [9.17, 15) is 26.4 Å². The van der Waals surface area contributed by atoms with Crippen LogP contribution < -0.4 is 10.2 Å². The molecular formula is C10H11F3N2O4S. The quantitative estimate of drug-likeness (QED) is 0.788. The van der Waals surface area contributed by atoms with Crippen LogP contribution in [0.2, 0.25) is 0 Å². The number of carbonyl (C=O) groups excluding carboxylic acids is 1. The summed E-state index contributed by atoms with van der Waals surface area (Å²) in [5, 5.41) is 1.67. The van der Waals surface area contributed by atoms with Crippen LogP contribution in [0.1, 0.15) is 10.4 Å². The van der Waals surface area contributed by atoms with Gasteiger partial charge >= 0.3 is 6.18 Å². The average molecular weight is 312 g/mol. The van der Waals surface area contributed by atoms with Gasteiger partial charge in [-0.1, -0.05) is 4.89 Å². The molecule has 0 radical (unpaired) electrons. The Morgan fingerprint density at radius 1 is 1.25 bits per heavy atom. The first kappa shape index (κ1) is 16.4. The van der Waals surface area contributed by atoms with Crippen LogP contribution in [0.3, 0.4) is 0 Å². The van der Waals surface area contributed by atoms with E-state index in [1.54, 1.807) is 10.2 Å². The fourth-order valence-electron chi connectivity index (χ4n) is 1.23. The third-order valence-corrected chi connectivity index (χ3v) is 3.35. The summed E-state index contributed by atoms with van der Waals surface area (Å²) >= 11 is 0. The minimum Gasteiger partial charge on any atom is -0.343 e. The zero-order chi connectivity index (χ0) is 15.4. The molecule has 10 heteroatoms. The monoisotopic (exact) mass is 312 g/mol. The summed E-state index contributed by atoms with van der Waals surface area (Å²) in [6, 6.07) is 4.33. The van der Waals surface area contributed by atoms with Crippen molar-refractivity contribution < 1.29 is 31.2 Å². The maximum Gasteiger partial charge on any atom is 0.405 e. The molecule has 112 valence electrons. The number of sulfonamides is 1. The van der Waals surface area contributed by atoms with E-state index in [2.05, 4.69) is 4.84 Å². The van der Waals surface area contributed by atoms with E-state index in [4.69, 9.17) is 0 Å². The van der Waals surface area contributed by atoms with E-state index < -0.39 is 28.7 Å². The SMILES string of the molecule is CONS(=O)(=O)c1ccc(C(=O)NCC(F)(F)F)cc1. The zero-order valence-corrected chi connectivity index (χ0v) is 11.0. The smallest absolute Gasteiger partial charge is 0.343 e. The first-order valence-corrected chi connectivity index (χ1v) is 6.64. The largest absolute Gasteiger partial charge is 0.405 e. The van der Waals surface area contributed by atoms with Crippen LogP contribution in [0, 0.1) is 0 Å². The summed E-state index contributed by atoms with van der Waals surface area (Å²) in [4.78, 5) is 17.2. The van der Waals surface area contributed by atoms with Gasteiger partial charge in [0, 0.05) is 5.56 Å². The van der Waals surface area contributed by atoms with Gasteiger partial charge in [0.15, 0.2) is 0 Å². The fourth-order valence-corrected chi connectivity index (χ4v) is 2.04. The predicted molar refractivity (Wildman–Crippen MR) is 62.2 cm³/mol. The van der Waals surface area contributed by atoms with E-state index in [1.807, 2.05) is 0 Å². The molecule has 1 amide bonds. The Balaban J connectivity index is 2.79. The number of hydrogen-bond donors (Lipinski definition) is 2. The summed E-state index contributed by atoms with van der Waals surface area (Å²) in [6.07, 6.45) is -4.51. The second-order valence-electron chi connectivity index (χ2n) is 3.61. The minimum absolute atomic E-state index is 0.0920. The molecular weight excluding hydrogens is 301 g/mol. The van der Waals surface area contributed by atoms with Gasteiger partial charge in [0.2, 0.25) is 0 Å². The Labute approximate surface area is 112 Å². The number of hydrogen-bond acceptors (Lipinski definition) is 4. The molecule has 20 heavy (non-hydrogen) atoms. The van der Waals surface area contributed by atoms with Crippen LogP contribution in [0.4, 0.5) is 13.2 Å². The highest BCUT2D eigenvalue weighted by Gasteiger charge is 2.27. The standard InChI is InChI=1S/C10H11F3N2O4S/c1-19-15-20(17,18)8-4-2-7(3-5-8)9(16)14-6-10(11,12)13/h2-5,15H,6H2,1H3,(H,14,16). The molecule has 1 rings (SSSR count). The lowest BCUT2D eigenvalue weighted by Gasteiger charge is -2.09. The lowest BCUT2D eigenvalue weighted by atomic mass is 10.2. The fraction of sp³-hybridized carbons (Fsp3) is 0.300. The molecule has 0 spiro atoms. The summed E-state index contributed by atoms with van der Waals surface area (Å²) in [5.41, 5.74) is -0.0920. The lowest BCUT2D eigenvalue weighted by Crippen LogP contribution is -2.33. The molecule has 0 heterocycles. The Bertz CT molecular complexity index is 569. The molecule has 1 aromatic rings. The van der Waals surface area contributed by atoms with Crippen molar-refractivity contribution in [3.63, 3.8) is 0 Å². The first-order valence-electron chi connectivity index (χ1n) is 5.15. The van der Waals surface area contributed by atoms with Crippen LogP contribution in [0.5, 0.6) is 0 Å². The molecule has 0 unspecified atom stereocenters. The average Bonchev–Trinajstić information content (AvgIpc) is 2.35. The zero-order valence-electron chi connectivity index (χ0n) is 10.2. The molecule has 0 aliphatic heterocycles. The van der Waals surface area contributed by atoms with E-state index >= 15 is 0 Å². The van der Waals surface area contributed by atoms with Crippen molar-refractivity contribution in [2.45, 2.75) is 11.1 Å². The van der Waals surface area contributed by atoms with Gasteiger partial charge < -0.3 is 5.32 Å². The summed E-state index contributed by atoms with van der Waals surface area (Å²) in [6.45, 7) is -1.46. The van der Waals surface area contributed by atoms with Crippen molar-refractivity contribution >= 4 is 15.9 Å². The number of benzene rings is 1. The Kier molecular flexibility index (Phi) is 5.09. The van der Waals surface area contributed by atoms with E-state index in [-0.39, 0.29) is 10.5 Å². The van der Waals surface area contributed by atoms with Crippen molar-refractivity contribution in [2.75, 3.05) is 13.7 Å². The minimum atomic E-state index is -4.51. The van der Waals surface area contributed by atoms with Crippen LogP contribution in [0.15, 0.2) is 29.2 Å². The van der Waals surface area contributed by atoms with Gasteiger partial charge in [0.05, 0.1) is 12.0 Å². The third-order valence-electron chi connectivity index (χ3n) is 2.07. The molecule has 0 aliphatic rings. The maximum atomic E-state index is 11.9. The molecule has 0 atom stereocenters. The van der Waals surface area contributed by atoms with E-state index in [0.29, 0.717) is 0 Å². The van der Waals surface area contributed by atoms with Gasteiger partial charge in [0.1, 0.15) is 6.54 Å². The lowest BCUT2D eigenvalue weighted by molar-refractivity contribution is -0.123. The van der Waals surface area contributed by atoms with Gasteiger partial charge in [-0.25, -0.2) is 8.42 Å². The van der Waals surface area contributed by atoms with E-state index in [1.165, 1.54) is 0 Å². The van der Waals surface area contributed by atoms with E-state index in [0.717, 1.165) is 31.4 Å². The molecule has 0 bridgehead atoms. The summed E-state index contributed by atoms with van der Waals surface area (Å²) in [5.74, 6) is -0.953. The number of amides is 1. The molecule has 0 saturated carbocycles. The van der Waals surface area contributed by atoms with Gasteiger partial charge in [-0.15, -0.1) is 0 Å². The van der Waals surface area contributed by atoms with Crippen molar-refractivity contribution in [3.8, 4) is 0 Å². The number of alkyl halides is 3. The molecule has 0 aromatic heterocycles. The highest BCUT2D eigenvalue weighted by Crippen LogP contribution is 2.14.